The van der Waals surface area contributed by atoms with Crippen LogP contribution in [0.5, 0.6) is 0 Å². The van der Waals surface area contributed by atoms with Gasteiger partial charge >= 0.3 is 0 Å². The Morgan fingerprint density at radius 1 is 1.24 bits per heavy atom. The molecule has 10 heteroatoms. The van der Waals surface area contributed by atoms with E-state index in [0.29, 0.717) is 6.61 Å². The third-order valence-electron chi connectivity index (χ3n) is 4.21. The van der Waals surface area contributed by atoms with Gasteiger partial charge in [-0.1, -0.05) is 13.0 Å². The molecule has 0 aliphatic carbocycles. The summed E-state index contributed by atoms with van der Waals surface area (Å²) in [7, 11) is -5.68. The zero-order valence-electron chi connectivity index (χ0n) is 14.3. The van der Waals surface area contributed by atoms with Crippen molar-refractivity contribution >= 4 is 32.3 Å². The first-order valence-corrected chi connectivity index (χ1v) is 10.9. The highest BCUT2D eigenvalue weighted by Gasteiger charge is 2.34. The fourth-order valence-corrected chi connectivity index (χ4v) is 4.96. The van der Waals surface area contributed by atoms with Gasteiger partial charge in [0.05, 0.1) is 27.7 Å². The molecule has 7 nitrogen and oxygen atoms in total. The molecular formula is C15H25ClN2O5S2. The predicted octanol–water partition coefficient (Wildman–Crippen LogP) is 0.949. The second-order valence-electron chi connectivity index (χ2n) is 5.95. The zero-order valence-corrected chi connectivity index (χ0v) is 16.8. The normalized spacial score (nSPS) is 21.0. The Morgan fingerprint density at radius 2 is 1.92 bits per heavy atom. The number of hydrogen-bond acceptors (Lipinski definition) is 6. The molecular weight excluding hydrogens is 388 g/mol. The van der Waals surface area contributed by atoms with Crippen molar-refractivity contribution in [1.82, 2.24) is 10.0 Å². The van der Waals surface area contributed by atoms with Gasteiger partial charge in [-0.15, -0.1) is 12.4 Å². The molecule has 1 aliphatic heterocycles. The van der Waals surface area contributed by atoms with Crippen LogP contribution in [0.4, 0.5) is 0 Å². The van der Waals surface area contributed by atoms with Gasteiger partial charge in [0.2, 0.25) is 10.0 Å². The predicted molar refractivity (Wildman–Crippen MR) is 98.4 cm³/mol. The standard InChI is InChI=1S/C15H24N2O5S2.ClH/c1-3-23(18,19)13-6-4-7-14(10-13)24(20,21)17-11-15(12-22-2)8-5-9-16-15;/h4,6-7,10,16-17H,3,5,8-9,11-12H2,1-2H3;1H. The lowest BCUT2D eigenvalue weighted by molar-refractivity contribution is 0.122. The number of sulfone groups is 1. The largest absolute Gasteiger partial charge is 0.383 e. The molecule has 0 spiro atoms. The number of sulfonamides is 1. The molecule has 1 fully saturated rings. The summed E-state index contributed by atoms with van der Waals surface area (Å²) in [5.41, 5.74) is -0.422. The van der Waals surface area contributed by atoms with Crippen molar-refractivity contribution in [2.75, 3.05) is 32.6 Å². The van der Waals surface area contributed by atoms with Gasteiger partial charge in [0.1, 0.15) is 0 Å². The highest BCUT2D eigenvalue weighted by molar-refractivity contribution is 7.91. The van der Waals surface area contributed by atoms with Gasteiger partial charge in [0.25, 0.3) is 0 Å². The highest BCUT2D eigenvalue weighted by atomic mass is 35.5. The van der Waals surface area contributed by atoms with Crippen molar-refractivity contribution in [3.63, 3.8) is 0 Å². The van der Waals surface area contributed by atoms with Crippen LogP contribution in [0, 0.1) is 0 Å². The minimum absolute atomic E-state index is 0. The van der Waals surface area contributed by atoms with E-state index in [-0.39, 0.29) is 34.5 Å². The van der Waals surface area contributed by atoms with Crippen LogP contribution in [-0.4, -0.2) is 54.9 Å². The van der Waals surface area contributed by atoms with E-state index in [4.69, 9.17) is 4.74 Å². The Morgan fingerprint density at radius 3 is 2.48 bits per heavy atom. The molecule has 2 rings (SSSR count). The van der Waals surface area contributed by atoms with E-state index in [1.807, 2.05) is 0 Å². The molecule has 1 heterocycles. The maximum Gasteiger partial charge on any atom is 0.240 e. The van der Waals surface area contributed by atoms with Crippen LogP contribution in [0.15, 0.2) is 34.1 Å². The Bertz CT molecular complexity index is 775. The lowest BCUT2D eigenvalue weighted by atomic mass is 9.99. The van der Waals surface area contributed by atoms with Crippen LogP contribution in [0.1, 0.15) is 19.8 Å². The summed E-state index contributed by atoms with van der Waals surface area (Å²) in [4.78, 5) is -0.0407. The average molecular weight is 413 g/mol. The van der Waals surface area contributed by atoms with E-state index >= 15 is 0 Å². The molecule has 1 aliphatic rings. The van der Waals surface area contributed by atoms with Crippen LogP contribution < -0.4 is 10.0 Å². The van der Waals surface area contributed by atoms with Crippen LogP contribution in [-0.2, 0) is 24.6 Å². The van der Waals surface area contributed by atoms with Crippen LogP contribution in [0.25, 0.3) is 0 Å². The van der Waals surface area contributed by atoms with Crippen LogP contribution >= 0.6 is 12.4 Å². The SMILES string of the molecule is CCS(=O)(=O)c1cccc(S(=O)(=O)NCC2(COC)CCCN2)c1.Cl. The van der Waals surface area contributed by atoms with Gasteiger partial charge in [-0.2, -0.15) is 0 Å². The molecule has 2 N–H and O–H groups in total. The minimum Gasteiger partial charge on any atom is -0.383 e. The summed E-state index contributed by atoms with van der Waals surface area (Å²) >= 11 is 0. The Labute approximate surface area is 155 Å². The van der Waals surface area contributed by atoms with Gasteiger partial charge < -0.3 is 10.1 Å². The Kier molecular flexibility index (Phi) is 7.85. The number of methoxy groups -OCH3 is 1. The minimum atomic E-state index is -3.81. The Balaban J connectivity index is 0.00000312. The second-order valence-corrected chi connectivity index (χ2v) is 9.99. The van der Waals surface area contributed by atoms with Gasteiger partial charge in [-0.25, -0.2) is 21.6 Å². The number of nitrogens with one attached hydrogen (secondary N) is 2. The van der Waals surface area contributed by atoms with Gasteiger partial charge in [0.15, 0.2) is 9.84 Å². The van der Waals surface area contributed by atoms with E-state index in [1.54, 1.807) is 7.11 Å². The van der Waals surface area contributed by atoms with Crippen molar-refractivity contribution in [3.05, 3.63) is 24.3 Å². The third-order valence-corrected chi connectivity index (χ3v) is 7.34. The maximum atomic E-state index is 12.5. The number of hydrogen-bond donors (Lipinski definition) is 2. The Hall–Kier alpha value is -0.710. The third kappa shape index (κ3) is 5.38. The van der Waals surface area contributed by atoms with Gasteiger partial charge in [-0.3, -0.25) is 0 Å². The van der Waals surface area contributed by atoms with Crippen molar-refractivity contribution in [2.45, 2.75) is 35.1 Å². The summed E-state index contributed by atoms with van der Waals surface area (Å²) in [5.74, 6) is -0.0786. The molecule has 1 unspecified atom stereocenters. The van der Waals surface area contributed by atoms with E-state index in [0.717, 1.165) is 19.4 Å². The lowest BCUT2D eigenvalue weighted by Crippen LogP contribution is -2.52. The molecule has 0 saturated carbocycles. The smallest absolute Gasteiger partial charge is 0.240 e. The fraction of sp³-hybridized carbons (Fsp3) is 0.600. The maximum absolute atomic E-state index is 12.5. The first-order chi connectivity index (χ1) is 11.2. The first kappa shape index (κ1) is 22.3. The molecule has 1 atom stereocenters. The monoisotopic (exact) mass is 412 g/mol. The van der Waals surface area contributed by atoms with Crippen molar-refractivity contribution < 1.29 is 21.6 Å². The highest BCUT2D eigenvalue weighted by Crippen LogP contribution is 2.21. The van der Waals surface area contributed by atoms with Crippen molar-refractivity contribution in [3.8, 4) is 0 Å². The molecule has 1 aromatic rings. The summed E-state index contributed by atoms with van der Waals surface area (Å²) < 4.78 is 56.7. The average Bonchev–Trinajstić information content (AvgIpc) is 3.03. The fourth-order valence-electron chi connectivity index (χ4n) is 2.79. The number of halogens is 1. The van der Waals surface area contributed by atoms with E-state index in [9.17, 15) is 16.8 Å². The van der Waals surface area contributed by atoms with Crippen LogP contribution in [0.3, 0.4) is 0 Å². The summed E-state index contributed by atoms with van der Waals surface area (Å²) in [6.45, 7) is 2.93. The molecule has 1 saturated heterocycles. The van der Waals surface area contributed by atoms with Crippen molar-refractivity contribution in [2.24, 2.45) is 0 Å². The number of ether oxygens (including phenoxy) is 1. The molecule has 0 bridgehead atoms. The molecule has 0 aromatic heterocycles. The summed E-state index contributed by atoms with van der Waals surface area (Å²) in [6.07, 6.45) is 1.77. The topological polar surface area (TPSA) is 102 Å². The molecule has 0 radical (unpaired) electrons. The zero-order chi connectivity index (χ0) is 17.8. The molecule has 25 heavy (non-hydrogen) atoms. The van der Waals surface area contributed by atoms with E-state index in [2.05, 4.69) is 10.0 Å². The van der Waals surface area contributed by atoms with Gasteiger partial charge in [-0.05, 0) is 37.6 Å². The molecule has 144 valence electrons. The van der Waals surface area contributed by atoms with Gasteiger partial charge in [0, 0.05) is 13.7 Å². The number of benzene rings is 1. The molecule has 0 amide bonds. The molecule has 1 aromatic carbocycles. The van der Waals surface area contributed by atoms with Crippen LogP contribution in [0.2, 0.25) is 0 Å². The van der Waals surface area contributed by atoms with E-state index in [1.165, 1.54) is 31.2 Å². The second kappa shape index (κ2) is 8.79. The number of rotatable bonds is 8. The first-order valence-electron chi connectivity index (χ1n) is 7.81. The van der Waals surface area contributed by atoms with E-state index < -0.39 is 25.4 Å². The summed E-state index contributed by atoms with van der Waals surface area (Å²) in [5, 5.41) is 3.29. The quantitative estimate of drug-likeness (QED) is 0.659. The summed E-state index contributed by atoms with van der Waals surface area (Å²) in [6, 6.07) is 5.44. The lowest BCUT2D eigenvalue weighted by Gasteiger charge is -2.28. The van der Waals surface area contributed by atoms with Crippen molar-refractivity contribution in [1.29, 1.82) is 0 Å².